The van der Waals surface area contributed by atoms with E-state index in [1.165, 1.54) is 5.69 Å². The highest BCUT2D eigenvalue weighted by Crippen LogP contribution is 2.22. The first-order chi connectivity index (χ1) is 8.55. The predicted molar refractivity (Wildman–Crippen MR) is 74.4 cm³/mol. The maximum absolute atomic E-state index is 4.16. The Balaban J connectivity index is 2.14. The number of hydrogen-bond acceptors (Lipinski definition) is 3. The molecule has 0 atom stereocenters. The average Bonchev–Trinajstić information content (AvgIpc) is 2.37. The molecule has 0 fully saturated rings. The maximum atomic E-state index is 4.16. The lowest BCUT2D eigenvalue weighted by Crippen LogP contribution is -2.34. The summed E-state index contributed by atoms with van der Waals surface area (Å²) in [6, 6.07) is 13.6. The molecule has 0 bridgehead atoms. The highest BCUT2D eigenvalue weighted by Gasteiger charge is 2.10. The van der Waals surface area contributed by atoms with Crippen LogP contribution >= 0.6 is 0 Å². The molecule has 0 N–H and O–H groups in total. The number of quaternary nitrogens is 1. The molecule has 1 aromatic heterocycles. The first-order valence-corrected chi connectivity index (χ1v) is 5.80. The average molecular weight is 241 g/mol. The smallest absolute Gasteiger partial charge is 0.174 e. The van der Waals surface area contributed by atoms with Gasteiger partial charge in [0.1, 0.15) is 5.69 Å². The van der Waals surface area contributed by atoms with Crippen LogP contribution in [0.4, 0.5) is 17.2 Å². The van der Waals surface area contributed by atoms with Crippen molar-refractivity contribution in [3.8, 4) is 0 Å². The lowest BCUT2D eigenvalue weighted by Gasteiger charge is -2.23. The number of nitrogens with zero attached hydrogens (tertiary/aromatic N) is 4. The molecule has 0 radical (unpaired) electrons. The number of azo groups is 1. The Bertz CT molecular complexity index is 524. The largest absolute Gasteiger partial charge is 0.298 e. The molecular weight excluding hydrogens is 224 g/mol. The van der Waals surface area contributed by atoms with E-state index >= 15 is 0 Å². The van der Waals surface area contributed by atoms with Crippen molar-refractivity contribution in [2.24, 2.45) is 10.2 Å². The summed E-state index contributed by atoms with van der Waals surface area (Å²) in [6.07, 6.45) is 1.70. The van der Waals surface area contributed by atoms with Gasteiger partial charge in [-0.3, -0.25) is 4.48 Å². The van der Waals surface area contributed by atoms with Crippen LogP contribution < -0.4 is 4.48 Å². The summed E-state index contributed by atoms with van der Waals surface area (Å²) in [4.78, 5) is 4.09. The molecule has 18 heavy (non-hydrogen) atoms. The van der Waals surface area contributed by atoms with Crippen LogP contribution in [-0.4, -0.2) is 26.1 Å². The molecule has 92 valence electrons. The fourth-order valence-corrected chi connectivity index (χ4v) is 1.49. The van der Waals surface area contributed by atoms with Crippen molar-refractivity contribution in [3.63, 3.8) is 0 Å². The Morgan fingerprint density at radius 1 is 0.889 bits per heavy atom. The van der Waals surface area contributed by atoms with E-state index in [-0.39, 0.29) is 0 Å². The summed E-state index contributed by atoms with van der Waals surface area (Å²) in [5, 5.41) is 8.23. The molecule has 1 aromatic carbocycles. The second-order valence-electron chi connectivity index (χ2n) is 4.92. The van der Waals surface area contributed by atoms with Gasteiger partial charge < -0.3 is 0 Å². The second kappa shape index (κ2) is 5.06. The van der Waals surface area contributed by atoms with Crippen molar-refractivity contribution >= 4 is 17.2 Å². The van der Waals surface area contributed by atoms with Crippen molar-refractivity contribution in [1.82, 2.24) is 9.47 Å². The zero-order valence-corrected chi connectivity index (χ0v) is 10.9. The van der Waals surface area contributed by atoms with Crippen molar-refractivity contribution in [2.75, 3.05) is 21.1 Å². The minimum Gasteiger partial charge on any atom is -0.298 e. The lowest BCUT2D eigenvalue weighted by molar-refractivity contribution is 0.486. The van der Waals surface area contributed by atoms with Gasteiger partial charge in [-0.25, -0.2) is 4.98 Å². The summed E-state index contributed by atoms with van der Waals surface area (Å²) in [7, 11) is 6.39. The quantitative estimate of drug-likeness (QED) is 0.596. The van der Waals surface area contributed by atoms with Gasteiger partial charge in [-0.2, -0.15) is 0 Å². The van der Waals surface area contributed by atoms with Crippen molar-refractivity contribution < 1.29 is 0 Å². The molecule has 4 heteroatoms. The van der Waals surface area contributed by atoms with E-state index < -0.39 is 0 Å². The molecule has 2 rings (SSSR count). The highest BCUT2D eigenvalue weighted by atomic mass is 15.3. The van der Waals surface area contributed by atoms with Gasteiger partial charge in [0.15, 0.2) is 5.82 Å². The topological polar surface area (TPSA) is 37.6 Å². The van der Waals surface area contributed by atoms with Gasteiger partial charge in [0.2, 0.25) is 0 Å². The van der Waals surface area contributed by atoms with Gasteiger partial charge >= 0.3 is 0 Å². The van der Waals surface area contributed by atoms with Crippen molar-refractivity contribution in [2.45, 2.75) is 0 Å². The monoisotopic (exact) mass is 241 g/mol. The van der Waals surface area contributed by atoms with Crippen LogP contribution in [0.5, 0.6) is 0 Å². The van der Waals surface area contributed by atoms with Crippen LogP contribution in [0.1, 0.15) is 0 Å². The Morgan fingerprint density at radius 3 is 2.17 bits per heavy atom. The van der Waals surface area contributed by atoms with Crippen LogP contribution in [0.3, 0.4) is 0 Å². The minimum absolute atomic E-state index is 0.619. The van der Waals surface area contributed by atoms with E-state index in [9.17, 15) is 0 Å². The van der Waals surface area contributed by atoms with Crippen LogP contribution in [0.15, 0.2) is 58.9 Å². The Kier molecular flexibility index (Phi) is 3.48. The Hall–Kier alpha value is -2.07. The molecule has 0 aliphatic rings. The third-order valence-corrected chi connectivity index (χ3v) is 2.54. The lowest BCUT2D eigenvalue weighted by atomic mass is 10.2. The van der Waals surface area contributed by atoms with E-state index in [4.69, 9.17) is 0 Å². The van der Waals surface area contributed by atoms with Gasteiger partial charge in [-0.05, 0) is 24.3 Å². The molecule has 0 aliphatic carbocycles. The molecule has 0 saturated carbocycles. The maximum Gasteiger partial charge on any atom is 0.174 e. The first kappa shape index (κ1) is 12.4. The molecular formula is C14H17N4+. The summed E-state index contributed by atoms with van der Waals surface area (Å²) in [6.45, 7) is 0. The van der Waals surface area contributed by atoms with E-state index in [1.807, 2.05) is 30.3 Å². The number of aromatic nitrogens is 1. The van der Waals surface area contributed by atoms with E-state index in [2.05, 4.69) is 48.5 Å². The van der Waals surface area contributed by atoms with Gasteiger partial charge in [0.05, 0.1) is 26.8 Å². The zero-order chi connectivity index (χ0) is 13.0. The highest BCUT2D eigenvalue weighted by molar-refractivity contribution is 5.49. The molecule has 2 aromatic rings. The second-order valence-corrected chi connectivity index (χ2v) is 4.92. The zero-order valence-electron chi connectivity index (χ0n) is 10.9. The molecule has 0 saturated heterocycles. The Morgan fingerprint density at radius 2 is 1.61 bits per heavy atom. The molecule has 0 amide bonds. The van der Waals surface area contributed by atoms with Crippen molar-refractivity contribution in [3.05, 3.63) is 48.7 Å². The number of hydrogen-bond donors (Lipinski definition) is 0. The normalized spacial score (nSPS) is 11.9. The minimum atomic E-state index is 0.619. The number of pyridine rings is 1. The van der Waals surface area contributed by atoms with E-state index in [0.717, 1.165) is 10.2 Å². The number of rotatable bonds is 3. The predicted octanol–water partition coefficient (Wildman–Crippen LogP) is 3.69. The van der Waals surface area contributed by atoms with Gasteiger partial charge in [-0.15, -0.1) is 10.2 Å². The van der Waals surface area contributed by atoms with Gasteiger partial charge in [0.25, 0.3) is 0 Å². The van der Waals surface area contributed by atoms with Crippen LogP contribution in [0, 0.1) is 0 Å². The van der Waals surface area contributed by atoms with Crippen molar-refractivity contribution in [1.29, 1.82) is 0 Å². The third kappa shape index (κ3) is 3.21. The van der Waals surface area contributed by atoms with Gasteiger partial charge in [-0.1, -0.05) is 6.07 Å². The SMILES string of the molecule is C[N+](C)(C)c1ccc(N=Nc2ccccn2)cc1. The summed E-state index contributed by atoms with van der Waals surface area (Å²) < 4.78 is 0.789. The molecule has 0 aliphatic heterocycles. The van der Waals surface area contributed by atoms with E-state index in [0.29, 0.717) is 5.82 Å². The fourth-order valence-electron chi connectivity index (χ4n) is 1.49. The third-order valence-electron chi connectivity index (χ3n) is 2.54. The summed E-state index contributed by atoms with van der Waals surface area (Å²) in [5.41, 5.74) is 2.06. The fraction of sp³-hybridized carbons (Fsp3) is 0.214. The number of benzene rings is 1. The van der Waals surface area contributed by atoms with Gasteiger partial charge in [0, 0.05) is 18.3 Å². The standard InChI is InChI=1S/C14H17N4/c1-18(2,3)13-9-7-12(8-10-13)16-17-14-6-4-5-11-15-14/h4-11H,1-3H3/q+1. The molecule has 0 spiro atoms. The molecule has 1 heterocycles. The molecule has 4 nitrogen and oxygen atoms in total. The van der Waals surface area contributed by atoms with E-state index in [1.54, 1.807) is 6.20 Å². The Labute approximate surface area is 107 Å². The van der Waals surface area contributed by atoms with Crippen LogP contribution in [0.25, 0.3) is 0 Å². The van der Waals surface area contributed by atoms with Crippen LogP contribution in [-0.2, 0) is 0 Å². The molecule has 0 unspecified atom stereocenters. The summed E-state index contributed by atoms with van der Waals surface area (Å²) in [5.74, 6) is 0.619. The summed E-state index contributed by atoms with van der Waals surface area (Å²) >= 11 is 0. The first-order valence-electron chi connectivity index (χ1n) is 5.80. The van der Waals surface area contributed by atoms with Crippen LogP contribution in [0.2, 0.25) is 0 Å².